The average Bonchev–Trinajstić information content (AvgIpc) is 2.66. The van der Waals surface area contributed by atoms with Gasteiger partial charge in [-0.05, 0) is 36.3 Å². The van der Waals surface area contributed by atoms with E-state index >= 15 is 0 Å². The van der Waals surface area contributed by atoms with E-state index in [1.165, 1.54) is 13.0 Å². The van der Waals surface area contributed by atoms with E-state index in [2.05, 4.69) is 10.6 Å². The number of benzene rings is 2. The van der Waals surface area contributed by atoms with Gasteiger partial charge in [0.25, 0.3) is 5.91 Å². The zero-order chi connectivity index (χ0) is 20.5. The molecule has 28 heavy (non-hydrogen) atoms. The van der Waals surface area contributed by atoms with Crippen molar-refractivity contribution in [3.63, 3.8) is 0 Å². The van der Waals surface area contributed by atoms with Gasteiger partial charge >= 0.3 is 5.97 Å². The fourth-order valence-electron chi connectivity index (χ4n) is 2.40. The summed E-state index contributed by atoms with van der Waals surface area (Å²) in [4.78, 5) is 35.7. The molecule has 0 spiro atoms. The van der Waals surface area contributed by atoms with Gasteiger partial charge in [0.1, 0.15) is 5.70 Å². The van der Waals surface area contributed by atoms with Crippen LogP contribution in [-0.2, 0) is 19.1 Å². The highest BCUT2D eigenvalue weighted by Crippen LogP contribution is 2.17. The molecule has 0 bridgehead atoms. The van der Waals surface area contributed by atoms with Crippen LogP contribution in [0.2, 0.25) is 5.02 Å². The molecule has 2 rings (SSSR count). The largest absolute Gasteiger partial charge is 0.451 e. The third-order valence-corrected chi connectivity index (χ3v) is 3.94. The zero-order valence-corrected chi connectivity index (χ0v) is 16.3. The predicted molar refractivity (Wildman–Crippen MR) is 107 cm³/mol. The van der Waals surface area contributed by atoms with E-state index in [0.29, 0.717) is 10.6 Å². The molecule has 6 nitrogen and oxygen atoms in total. The van der Waals surface area contributed by atoms with Crippen molar-refractivity contribution in [3.05, 3.63) is 76.4 Å². The summed E-state index contributed by atoms with van der Waals surface area (Å²) in [6, 6.07) is 15.8. The molecule has 7 heteroatoms. The summed E-state index contributed by atoms with van der Waals surface area (Å²) < 4.78 is 5.04. The van der Waals surface area contributed by atoms with Gasteiger partial charge in [0, 0.05) is 11.9 Å². The van der Waals surface area contributed by atoms with E-state index in [1.807, 2.05) is 12.1 Å². The van der Waals surface area contributed by atoms with Gasteiger partial charge in [-0.15, -0.1) is 0 Å². The minimum Gasteiger partial charge on any atom is -0.451 e. The maximum Gasteiger partial charge on any atom is 0.355 e. The van der Waals surface area contributed by atoms with Crippen LogP contribution in [0.3, 0.4) is 0 Å². The van der Waals surface area contributed by atoms with Crippen LogP contribution in [0.25, 0.3) is 6.08 Å². The molecule has 0 aliphatic heterocycles. The van der Waals surface area contributed by atoms with E-state index in [4.69, 9.17) is 16.3 Å². The van der Waals surface area contributed by atoms with Crippen LogP contribution in [0.4, 0.5) is 0 Å². The molecule has 2 N–H and O–H groups in total. The first kappa shape index (κ1) is 21.2. The first-order chi connectivity index (χ1) is 13.3. The Morgan fingerprint density at radius 3 is 2.46 bits per heavy atom. The molecular weight excluding hydrogens is 380 g/mol. The Bertz CT molecular complexity index is 881. The lowest BCUT2D eigenvalue weighted by molar-refractivity contribution is -0.145. The molecule has 146 valence electrons. The lowest BCUT2D eigenvalue weighted by Gasteiger charge is -2.15. The number of ether oxygens (including phenoxy) is 1. The van der Waals surface area contributed by atoms with Gasteiger partial charge in [0.15, 0.2) is 6.61 Å². The van der Waals surface area contributed by atoms with Crippen molar-refractivity contribution >= 4 is 35.5 Å². The van der Waals surface area contributed by atoms with Crippen molar-refractivity contribution in [2.45, 2.75) is 19.9 Å². The third kappa shape index (κ3) is 6.89. The Kier molecular flexibility index (Phi) is 7.77. The smallest absolute Gasteiger partial charge is 0.355 e. The van der Waals surface area contributed by atoms with Crippen molar-refractivity contribution < 1.29 is 19.1 Å². The number of hydrogen-bond acceptors (Lipinski definition) is 4. The normalized spacial score (nSPS) is 12.0. The molecule has 0 aliphatic rings. The van der Waals surface area contributed by atoms with Gasteiger partial charge in [-0.3, -0.25) is 9.59 Å². The highest BCUT2D eigenvalue weighted by molar-refractivity contribution is 6.30. The number of halogens is 1. The third-order valence-electron chi connectivity index (χ3n) is 3.70. The van der Waals surface area contributed by atoms with Gasteiger partial charge in [-0.2, -0.15) is 0 Å². The molecular formula is C21H21ClN2O4. The maximum atomic E-state index is 12.3. The van der Waals surface area contributed by atoms with Crippen LogP contribution >= 0.6 is 11.6 Å². The minimum atomic E-state index is -0.801. The monoisotopic (exact) mass is 400 g/mol. The summed E-state index contributed by atoms with van der Waals surface area (Å²) in [6.07, 6.45) is 1.48. The highest BCUT2D eigenvalue weighted by Gasteiger charge is 2.16. The van der Waals surface area contributed by atoms with Gasteiger partial charge in [-0.1, -0.05) is 54.1 Å². The van der Waals surface area contributed by atoms with Gasteiger partial charge < -0.3 is 15.4 Å². The first-order valence-electron chi connectivity index (χ1n) is 8.61. The van der Waals surface area contributed by atoms with E-state index < -0.39 is 24.4 Å². The fourth-order valence-corrected chi connectivity index (χ4v) is 2.60. The van der Waals surface area contributed by atoms with Gasteiger partial charge in [0.05, 0.1) is 6.04 Å². The molecule has 2 aromatic rings. The molecule has 2 amide bonds. The topological polar surface area (TPSA) is 84.5 Å². The number of amides is 2. The van der Waals surface area contributed by atoms with Crippen molar-refractivity contribution in [2.24, 2.45) is 0 Å². The second-order valence-electron chi connectivity index (χ2n) is 6.07. The Morgan fingerprint density at radius 1 is 1.11 bits per heavy atom. The molecule has 0 saturated carbocycles. The number of nitrogens with one attached hydrogen (secondary N) is 2. The second kappa shape index (κ2) is 10.3. The van der Waals surface area contributed by atoms with Crippen LogP contribution in [-0.4, -0.2) is 24.4 Å². The second-order valence-corrected chi connectivity index (χ2v) is 6.51. The molecule has 2 aromatic carbocycles. The van der Waals surface area contributed by atoms with Crippen LogP contribution in [0, 0.1) is 0 Å². The van der Waals surface area contributed by atoms with Crippen molar-refractivity contribution in [1.29, 1.82) is 0 Å². The molecule has 0 radical (unpaired) electrons. The van der Waals surface area contributed by atoms with Crippen LogP contribution in [0.1, 0.15) is 31.0 Å². The van der Waals surface area contributed by atoms with Crippen molar-refractivity contribution in [2.75, 3.05) is 6.61 Å². The number of carbonyl (C=O) groups excluding carboxylic acids is 3. The van der Waals surface area contributed by atoms with Gasteiger partial charge in [0.2, 0.25) is 5.91 Å². The number of carbonyl (C=O) groups is 3. The number of hydrogen-bond donors (Lipinski definition) is 2. The van der Waals surface area contributed by atoms with Crippen LogP contribution in [0.15, 0.2) is 60.3 Å². The van der Waals surface area contributed by atoms with E-state index in [1.54, 1.807) is 49.4 Å². The molecule has 0 aliphatic carbocycles. The maximum absolute atomic E-state index is 12.3. The van der Waals surface area contributed by atoms with E-state index in [9.17, 15) is 14.4 Å². The molecule has 1 atom stereocenters. The standard InChI is InChI=1S/C21H21ClN2O4/c1-14(17-9-6-10-18(22)12-17)23-20(26)13-28-21(27)19(24-15(2)25)11-16-7-4-3-5-8-16/h3-12,14H,13H2,1-2H3,(H,23,26)(H,24,25)/b19-11-/t14-/m1/s1. The molecule has 0 aromatic heterocycles. The summed E-state index contributed by atoms with van der Waals surface area (Å²) in [7, 11) is 0. The summed E-state index contributed by atoms with van der Waals surface area (Å²) in [5, 5.41) is 5.72. The Hall–Kier alpha value is -3.12. The lowest BCUT2D eigenvalue weighted by Crippen LogP contribution is -2.33. The summed E-state index contributed by atoms with van der Waals surface area (Å²) >= 11 is 5.95. The van der Waals surface area contributed by atoms with E-state index in [0.717, 1.165) is 5.56 Å². The number of rotatable bonds is 7. The molecule has 0 saturated heterocycles. The molecule has 0 heterocycles. The Labute approximate surface area is 168 Å². The van der Waals surface area contributed by atoms with E-state index in [-0.39, 0.29) is 11.7 Å². The Balaban J connectivity index is 1.96. The zero-order valence-electron chi connectivity index (χ0n) is 15.6. The molecule has 0 fully saturated rings. The average molecular weight is 401 g/mol. The Morgan fingerprint density at radius 2 is 1.82 bits per heavy atom. The van der Waals surface area contributed by atoms with Crippen LogP contribution < -0.4 is 10.6 Å². The van der Waals surface area contributed by atoms with Crippen molar-refractivity contribution in [1.82, 2.24) is 10.6 Å². The fraction of sp³-hybridized carbons (Fsp3) is 0.190. The highest BCUT2D eigenvalue weighted by atomic mass is 35.5. The predicted octanol–water partition coefficient (Wildman–Crippen LogP) is 3.24. The quantitative estimate of drug-likeness (QED) is 0.552. The summed E-state index contributed by atoms with van der Waals surface area (Å²) in [6.45, 7) is 2.60. The minimum absolute atomic E-state index is 0.0469. The first-order valence-corrected chi connectivity index (χ1v) is 8.99. The summed E-state index contributed by atoms with van der Waals surface area (Å²) in [5.74, 6) is -1.69. The summed E-state index contributed by atoms with van der Waals surface area (Å²) in [5.41, 5.74) is 1.49. The SMILES string of the molecule is CC(=O)N/C(=C\c1ccccc1)C(=O)OCC(=O)N[C@H](C)c1cccc(Cl)c1. The van der Waals surface area contributed by atoms with Crippen molar-refractivity contribution in [3.8, 4) is 0 Å². The number of esters is 1. The lowest BCUT2D eigenvalue weighted by atomic mass is 10.1. The molecule has 0 unspecified atom stereocenters. The van der Waals surface area contributed by atoms with Gasteiger partial charge in [-0.25, -0.2) is 4.79 Å². The van der Waals surface area contributed by atoms with Crippen LogP contribution in [0.5, 0.6) is 0 Å².